The van der Waals surface area contributed by atoms with Gasteiger partial charge in [-0.05, 0) is 49.4 Å². The van der Waals surface area contributed by atoms with Crippen LogP contribution in [0.2, 0.25) is 0 Å². The van der Waals surface area contributed by atoms with Gasteiger partial charge in [0.1, 0.15) is 0 Å². The first-order valence-electron chi connectivity index (χ1n) is 10.1. The van der Waals surface area contributed by atoms with Crippen molar-refractivity contribution in [2.45, 2.75) is 0 Å². The van der Waals surface area contributed by atoms with Crippen LogP contribution in [-0.4, -0.2) is 12.3 Å². The maximum atomic E-state index is 4.89. The molecule has 0 atom stereocenters. The topological polar surface area (TPSA) is 0 Å². The van der Waals surface area contributed by atoms with Gasteiger partial charge in [-0.15, -0.1) is 0 Å². The summed E-state index contributed by atoms with van der Waals surface area (Å²) in [6.45, 7) is 0. The predicted molar refractivity (Wildman–Crippen MR) is 145 cm³/mol. The van der Waals surface area contributed by atoms with E-state index in [1.54, 1.807) is 0 Å². The van der Waals surface area contributed by atoms with Crippen LogP contribution in [0, 0.1) is 0 Å². The van der Waals surface area contributed by atoms with E-state index in [9.17, 15) is 0 Å². The number of halogens is 3. The summed E-state index contributed by atoms with van der Waals surface area (Å²) in [5, 5.41) is 5.89. The van der Waals surface area contributed by atoms with Gasteiger partial charge in [0.15, 0.2) is 0 Å². The molecule has 4 aromatic carbocycles. The molecule has 0 fully saturated rings. The molecule has 0 heterocycles. The van der Waals surface area contributed by atoms with Crippen LogP contribution in [0.1, 0.15) is 0 Å². The van der Waals surface area contributed by atoms with Gasteiger partial charge in [-0.1, -0.05) is 121 Å². The molecule has 0 aliphatic carbocycles. The van der Waals surface area contributed by atoms with Gasteiger partial charge in [-0.2, -0.15) is 0 Å². The fourth-order valence-electron chi connectivity index (χ4n) is 3.45. The Morgan fingerprint density at radius 2 is 0.594 bits per heavy atom. The van der Waals surface area contributed by atoms with Crippen LogP contribution in [0.15, 0.2) is 121 Å². The zero-order valence-electron chi connectivity index (χ0n) is 17.3. The molecule has 0 spiro atoms. The average molecular weight is 561 g/mol. The Morgan fingerprint density at radius 3 is 0.781 bits per heavy atom. The average Bonchev–Trinajstić information content (AvgIpc) is 2.84. The Morgan fingerprint density at radius 1 is 0.406 bits per heavy atom. The molecule has 32 heavy (non-hydrogen) atoms. The monoisotopic (exact) mass is 559 g/mol. The van der Waals surface area contributed by atoms with Crippen molar-refractivity contribution in [3.8, 4) is 0 Å². The van der Waals surface area contributed by atoms with Crippen LogP contribution >= 0.6 is 46.1 Å². The molecule has 6 heteroatoms. The van der Waals surface area contributed by atoms with Crippen molar-refractivity contribution >= 4 is 67.4 Å². The van der Waals surface area contributed by atoms with Crippen molar-refractivity contribution in [1.82, 2.24) is 0 Å². The molecule has 0 amide bonds. The van der Waals surface area contributed by atoms with Gasteiger partial charge in [-0.3, -0.25) is 0 Å². The maximum Gasteiger partial charge on any atom is -0.0195 e. The Bertz CT molecular complexity index is 855. The molecule has 0 bridgehead atoms. The Hall–Kier alpha value is -0.871. The molecule has 0 aromatic heterocycles. The summed E-state index contributed by atoms with van der Waals surface area (Å²) < 4.78 is 0. The van der Waals surface area contributed by atoms with Crippen molar-refractivity contribution in [3.05, 3.63) is 121 Å². The number of hydrogen-bond donors (Lipinski definition) is 0. The summed E-state index contributed by atoms with van der Waals surface area (Å²) in [4.78, 5) is 0. The van der Waals surface area contributed by atoms with Crippen molar-refractivity contribution in [1.29, 1.82) is 0 Å². The zero-order valence-corrected chi connectivity index (χ0v) is 22.5. The van der Waals surface area contributed by atoms with E-state index in [1.165, 1.54) is 33.5 Å². The summed E-state index contributed by atoms with van der Waals surface area (Å²) in [6.07, 6.45) is 2.41. The van der Waals surface area contributed by atoms with E-state index in [4.69, 9.17) is 30.3 Å². The molecule has 0 radical (unpaired) electrons. The van der Waals surface area contributed by atoms with E-state index < -0.39 is 11.2 Å². The third kappa shape index (κ3) is 8.48. The van der Waals surface area contributed by atoms with E-state index in [2.05, 4.69) is 121 Å². The molecule has 0 N–H and O–H groups in total. The van der Waals surface area contributed by atoms with E-state index in [1.807, 2.05) is 0 Å². The minimum absolute atomic E-state index is 0.348. The second-order valence-electron chi connectivity index (χ2n) is 6.80. The van der Waals surface area contributed by atoms with Gasteiger partial charge in [0.05, 0.1) is 0 Å². The largest absolute Gasteiger partial charge is 0.0622 e. The molecule has 0 saturated heterocycles. The van der Waals surface area contributed by atoms with Crippen LogP contribution in [0.3, 0.4) is 0 Å². The van der Waals surface area contributed by atoms with Crippen LogP contribution in [0.4, 0.5) is 0 Å². The molecular weight excluding hydrogens is 536 g/mol. The van der Waals surface area contributed by atoms with Crippen LogP contribution in [0.5, 0.6) is 0 Å². The minimum Gasteiger partial charge on any atom is -0.0622 e. The van der Waals surface area contributed by atoms with Crippen molar-refractivity contribution in [2.24, 2.45) is 0 Å². The summed E-state index contributed by atoms with van der Waals surface area (Å²) in [7, 11) is 14.0. The zero-order chi connectivity index (χ0) is 22.6. The quantitative estimate of drug-likeness (QED) is 0.164. The molecule has 4 rings (SSSR count). The smallest absolute Gasteiger partial charge is 0.0195 e. The number of benzene rings is 4. The van der Waals surface area contributed by atoms with Gasteiger partial charge in [0, 0.05) is 0 Å². The first-order chi connectivity index (χ1) is 15.6. The van der Waals surface area contributed by atoms with Crippen molar-refractivity contribution in [3.63, 3.8) is 0 Å². The normalized spacial score (nSPS) is 11.1. The van der Waals surface area contributed by atoms with Gasteiger partial charge in [0.25, 0.3) is 0 Å². The summed E-state index contributed by atoms with van der Waals surface area (Å²) in [5.74, 6) is 0. The first kappa shape index (κ1) is 25.7. The number of hydrogen-bond acceptors (Lipinski definition) is 0. The van der Waals surface area contributed by atoms with Crippen LogP contribution in [0.25, 0.3) is 0 Å². The van der Waals surface area contributed by atoms with Gasteiger partial charge >= 0.3 is 41.5 Å². The van der Waals surface area contributed by atoms with Gasteiger partial charge in [-0.25, -0.2) is 0 Å². The van der Waals surface area contributed by atoms with Crippen LogP contribution < -0.4 is 21.2 Å². The van der Waals surface area contributed by atoms with Gasteiger partial charge in [0.2, 0.25) is 0 Å². The second kappa shape index (κ2) is 14.4. The Balaban J connectivity index is 0.000000668. The molecule has 4 aromatic rings. The molecule has 0 nitrogen and oxygen atoms in total. The Kier molecular flexibility index (Phi) is 11.6. The van der Waals surface area contributed by atoms with E-state index >= 15 is 0 Å². The van der Waals surface area contributed by atoms with Crippen LogP contribution in [-0.2, 0) is 11.2 Å². The standard InChI is InChI=1S/C26H24P2.3ClH.Fe/c1-5-13-23(14-6-1)27(24-15-7-2-8-16-24)21-22-28(25-17-9-3-10-18-25)26-19-11-4-12-20-26;;;;/h1-20H,21-22H2;3*1H;/q;;;;+3/p-3. The van der Waals surface area contributed by atoms with E-state index in [0.717, 1.165) is 0 Å². The van der Waals surface area contributed by atoms with Crippen molar-refractivity contribution in [2.75, 3.05) is 12.3 Å². The molecule has 0 unspecified atom stereocenters. The SMILES string of the molecule is [Cl][Fe]([Cl])[Cl].c1ccc(P(CCP(c2ccccc2)c2ccccc2)c2ccccc2)cc1. The fraction of sp³-hybridized carbons (Fsp3) is 0.0769. The summed E-state index contributed by atoms with van der Waals surface area (Å²) >= 11 is -1.33. The second-order valence-corrected chi connectivity index (χ2v) is 16.9. The third-order valence-electron chi connectivity index (χ3n) is 4.82. The molecule has 0 saturated carbocycles. The van der Waals surface area contributed by atoms with E-state index in [-0.39, 0.29) is 15.8 Å². The summed E-state index contributed by atoms with van der Waals surface area (Å²) in [5.41, 5.74) is 0. The molecule has 0 aliphatic heterocycles. The summed E-state index contributed by atoms with van der Waals surface area (Å²) in [6, 6.07) is 44.2. The third-order valence-corrected chi connectivity index (χ3v) is 10.2. The first-order valence-corrected chi connectivity index (χ1v) is 17.7. The van der Waals surface area contributed by atoms with Gasteiger partial charge < -0.3 is 0 Å². The molecular formula is C26H24Cl3FeP2. The Labute approximate surface area is 211 Å². The molecule has 167 valence electrons. The molecule has 0 aliphatic rings. The maximum absolute atomic E-state index is 4.89. The minimum atomic E-state index is -1.33. The predicted octanol–water partition coefficient (Wildman–Crippen LogP) is 7.32. The van der Waals surface area contributed by atoms with E-state index in [0.29, 0.717) is 0 Å². The fourth-order valence-corrected chi connectivity index (χ4v) is 8.80. The van der Waals surface area contributed by atoms with Crippen molar-refractivity contribution < 1.29 is 11.2 Å². The number of rotatable bonds is 7.